The molecule has 0 bridgehead atoms. The van der Waals surface area contributed by atoms with E-state index in [4.69, 9.17) is 18.0 Å². The molecule has 0 spiro atoms. The number of thiocarbonyl (C=S) groups is 1. The Balaban J connectivity index is 1.96. The average molecular weight is 268 g/mol. The molecule has 1 amide bonds. The second-order valence-electron chi connectivity index (χ2n) is 4.77. The Morgan fingerprint density at radius 3 is 2.88 bits per heavy atom. The minimum atomic E-state index is -0.592. The van der Waals surface area contributed by atoms with Crippen molar-refractivity contribution in [1.82, 2.24) is 5.32 Å². The van der Waals surface area contributed by atoms with Crippen molar-refractivity contribution in [2.75, 3.05) is 0 Å². The van der Waals surface area contributed by atoms with Gasteiger partial charge in [-0.05, 0) is 41.1 Å². The van der Waals surface area contributed by atoms with E-state index in [0.29, 0.717) is 17.5 Å². The summed E-state index contributed by atoms with van der Waals surface area (Å²) in [6.45, 7) is 2.67. The first-order chi connectivity index (χ1) is 8.04. The van der Waals surface area contributed by atoms with Gasteiger partial charge in [-0.25, -0.2) is 0 Å². The quantitative estimate of drug-likeness (QED) is 0.822. The predicted molar refractivity (Wildman–Crippen MR) is 73.8 cm³/mol. The van der Waals surface area contributed by atoms with Crippen LogP contribution in [-0.4, -0.2) is 10.9 Å². The number of carbonyl (C=O) groups is 1. The van der Waals surface area contributed by atoms with Gasteiger partial charge < -0.3 is 11.1 Å². The topological polar surface area (TPSA) is 55.1 Å². The van der Waals surface area contributed by atoms with Crippen LogP contribution in [0.25, 0.3) is 0 Å². The van der Waals surface area contributed by atoms with Crippen molar-refractivity contribution < 1.29 is 4.79 Å². The van der Waals surface area contributed by atoms with Crippen LogP contribution < -0.4 is 11.1 Å². The fourth-order valence-corrected chi connectivity index (χ4v) is 3.30. The normalized spacial score (nSPS) is 27.2. The Labute approximate surface area is 110 Å². The summed E-state index contributed by atoms with van der Waals surface area (Å²) in [6, 6.07) is 2.00. The highest BCUT2D eigenvalue weighted by Gasteiger charge is 2.50. The van der Waals surface area contributed by atoms with E-state index in [1.807, 2.05) is 16.8 Å². The van der Waals surface area contributed by atoms with Gasteiger partial charge in [0.05, 0.1) is 10.4 Å². The Bertz CT molecular complexity index is 422. The summed E-state index contributed by atoms with van der Waals surface area (Å²) in [6.07, 6.45) is 1.55. The summed E-state index contributed by atoms with van der Waals surface area (Å²) in [7, 11) is 0. The fourth-order valence-electron chi connectivity index (χ4n) is 2.37. The van der Waals surface area contributed by atoms with Crippen molar-refractivity contribution in [3.8, 4) is 0 Å². The number of hydrogen-bond donors (Lipinski definition) is 2. The van der Waals surface area contributed by atoms with Crippen molar-refractivity contribution in [2.45, 2.75) is 26.3 Å². The van der Waals surface area contributed by atoms with E-state index in [-0.39, 0.29) is 5.91 Å². The maximum atomic E-state index is 12.2. The number of rotatable bonds is 4. The summed E-state index contributed by atoms with van der Waals surface area (Å²) in [5, 5.41) is 6.95. The lowest BCUT2D eigenvalue weighted by atomic mass is 9.62. The van der Waals surface area contributed by atoms with Gasteiger partial charge in [0.15, 0.2) is 0 Å². The molecule has 3 nitrogen and oxygen atoms in total. The molecule has 0 aliphatic heterocycles. The molecule has 3 N–H and O–H groups in total. The van der Waals surface area contributed by atoms with Crippen LogP contribution in [0.2, 0.25) is 0 Å². The number of nitrogens with two attached hydrogens (primary N) is 1. The zero-order valence-electron chi connectivity index (χ0n) is 9.73. The summed E-state index contributed by atoms with van der Waals surface area (Å²) >= 11 is 6.67. The maximum absolute atomic E-state index is 12.2. The van der Waals surface area contributed by atoms with Crippen LogP contribution in [0.3, 0.4) is 0 Å². The van der Waals surface area contributed by atoms with Gasteiger partial charge in [-0.2, -0.15) is 11.3 Å². The molecular weight excluding hydrogens is 252 g/mol. The summed E-state index contributed by atoms with van der Waals surface area (Å²) in [4.78, 5) is 12.5. The van der Waals surface area contributed by atoms with Crippen molar-refractivity contribution in [2.24, 2.45) is 17.1 Å². The lowest BCUT2D eigenvalue weighted by Gasteiger charge is -2.44. The smallest absolute Gasteiger partial charge is 0.233 e. The van der Waals surface area contributed by atoms with E-state index in [1.54, 1.807) is 11.3 Å². The Morgan fingerprint density at radius 1 is 1.71 bits per heavy atom. The number of carbonyl (C=O) groups excluding carboxylic acids is 1. The van der Waals surface area contributed by atoms with E-state index >= 15 is 0 Å². The largest absolute Gasteiger partial charge is 0.392 e. The zero-order valence-corrected chi connectivity index (χ0v) is 11.4. The molecule has 1 aliphatic carbocycles. The molecule has 1 aromatic rings. The Hall–Kier alpha value is -0.940. The second kappa shape index (κ2) is 4.74. The first-order valence-corrected chi connectivity index (χ1v) is 6.99. The molecular formula is C12H16N2OS2. The maximum Gasteiger partial charge on any atom is 0.233 e. The Morgan fingerprint density at radius 2 is 2.41 bits per heavy atom. The third-order valence-electron chi connectivity index (χ3n) is 3.33. The predicted octanol–water partition coefficient (Wildman–Crippen LogP) is 2.07. The summed E-state index contributed by atoms with van der Waals surface area (Å²) < 4.78 is 0. The monoisotopic (exact) mass is 268 g/mol. The molecule has 1 fully saturated rings. The van der Waals surface area contributed by atoms with E-state index < -0.39 is 5.41 Å². The molecule has 1 aromatic heterocycles. The highest BCUT2D eigenvalue weighted by atomic mass is 32.1. The minimum absolute atomic E-state index is 0.0192. The van der Waals surface area contributed by atoms with Crippen molar-refractivity contribution in [3.63, 3.8) is 0 Å². The molecule has 92 valence electrons. The summed E-state index contributed by atoms with van der Waals surface area (Å²) in [5.74, 6) is 0.512. The zero-order chi connectivity index (χ0) is 12.5. The van der Waals surface area contributed by atoms with Gasteiger partial charge in [-0.1, -0.05) is 19.1 Å². The number of hydrogen-bond acceptors (Lipinski definition) is 3. The van der Waals surface area contributed by atoms with Crippen LogP contribution in [-0.2, 0) is 11.3 Å². The van der Waals surface area contributed by atoms with Crippen LogP contribution in [0, 0.1) is 11.3 Å². The van der Waals surface area contributed by atoms with E-state index in [2.05, 4.69) is 12.2 Å². The van der Waals surface area contributed by atoms with Crippen LogP contribution in [0.1, 0.15) is 25.3 Å². The van der Waals surface area contributed by atoms with Gasteiger partial charge in [-0.15, -0.1) is 0 Å². The molecule has 1 heterocycles. The van der Waals surface area contributed by atoms with Gasteiger partial charge in [0, 0.05) is 6.54 Å². The summed E-state index contributed by atoms with van der Waals surface area (Å²) in [5.41, 5.74) is 6.24. The van der Waals surface area contributed by atoms with E-state index in [1.165, 1.54) is 0 Å². The van der Waals surface area contributed by atoms with Crippen molar-refractivity contribution in [3.05, 3.63) is 22.4 Å². The molecule has 1 saturated carbocycles. The molecule has 0 aromatic carbocycles. The van der Waals surface area contributed by atoms with Crippen LogP contribution in [0.4, 0.5) is 0 Å². The van der Waals surface area contributed by atoms with Gasteiger partial charge >= 0.3 is 0 Å². The fraction of sp³-hybridized carbons (Fsp3) is 0.500. The number of nitrogens with one attached hydrogen (secondary N) is 1. The molecule has 1 aliphatic rings. The van der Waals surface area contributed by atoms with Crippen molar-refractivity contribution in [1.29, 1.82) is 0 Å². The average Bonchev–Trinajstić information content (AvgIpc) is 2.73. The first-order valence-electron chi connectivity index (χ1n) is 5.64. The molecule has 0 radical (unpaired) electrons. The SMILES string of the molecule is CC1CC(C(=O)NCc2ccsc2)(C(N)=S)C1. The Kier molecular flexibility index (Phi) is 3.49. The van der Waals surface area contributed by atoms with Gasteiger partial charge in [0.25, 0.3) is 0 Å². The molecule has 0 saturated heterocycles. The highest BCUT2D eigenvalue weighted by Crippen LogP contribution is 2.45. The van der Waals surface area contributed by atoms with E-state index in [0.717, 1.165) is 18.4 Å². The highest BCUT2D eigenvalue weighted by molar-refractivity contribution is 7.80. The van der Waals surface area contributed by atoms with Gasteiger partial charge in [0.2, 0.25) is 5.91 Å². The van der Waals surface area contributed by atoms with Gasteiger partial charge in [-0.3, -0.25) is 4.79 Å². The third kappa shape index (κ3) is 2.35. The molecule has 0 atom stereocenters. The van der Waals surface area contributed by atoms with Gasteiger partial charge in [0.1, 0.15) is 0 Å². The lowest BCUT2D eigenvalue weighted by Crippen LogP contribution is -2.55. The standard InChI is InChI=1S/C12H16N2OS2/c1-8-4-12(5-8,10(13)16)11(15)14-6-9-2-3-17-7-9/h2-3,7-8H,4-6H2,1H3,(H2,13,16)(H,14,15). The number of amides is 1. The van der Waals surface area contributed by atoms with Crippen LogP contribution in [0.15, 0.2) is 16.8 Å². The van der Waals surface area contributed by atoms with Crippen molar-refractivity contribution >= 4 is 34.5 Å². The molecule has 17 heavy (non-hydrogen) atoms. The first kappa shape index (κ1) is 12.5. The van der Waals surface area contributed by atoms with Crippen LogP contribution in [0.5, 0.6) is 0 Å². The lowest BCUT2D eigenvalue weighted by molar-refractivity contribution is -0.133. The number of thiophene rings is 1. The minimum Gasteiger partial charge on any atom is -0.392 e. The molecule has 5 heteroatoms. The molecule has 2 rings (SSSR count). The van der Waals surface area contributed by atoms with E-state index in [9.17, 15) is 4.79 Å². The van der Waals surface area contributed by atoms with Crippen LogP contribution >= 0.6 is 23.6 Å². The second-order valence-corrected chi connectivity index (χ2v) is 5.99. The molecule has 0 unspecified atom stereocenters. The third-order valence-corrected chi connectivity index (χ3v) is 4.46.